The van der Waals surface area contributed by atoms with Crippen LogP contribution in [0.2, 0.25) is 0 Å². The fourth-order valence-corrected chi connectivity index (χ4v) is 4.63. The van der Waals surface area contributed by atoms with Crippen LogP contribution in [0.5, 0.6) is 0 Å². The number of carbonyl (C=O) groups is 1. The lowest BCUT2D eigenvalue weighted by Crippen LogP contribution is -2.25. The van der Waals surface area contributed by atoms with Crippen LogP contribution in [0.4, 0.5) is 10.1 Å². The molecule has 1 amide bonds. The van der Waals surface area contributed by atoms with Gasteiger partial charge in [0.25, 0.3) is 5.91 Å². The summed E-state index contributed by atoms with van der Waals surface area (Å²) in [6, 6.07) is 8.87. The molecule has 0 aliphatic carbocycles. The largest absolute Gasteiger partial charge is 0.322 e. The molecule has 11 heteroatoms. The van der Waals surface area contributed by atoms with Crippen molar-refractivity contribution in [1.82, 2.24) is 9.44 Å². The molecule has 3 N–H and O–H groups in total. The summed E-state index contributed by atoms with van der Waals surface area (Å²) in [5.74, 6) is -1.97. The topological polar surface area (TPSA) is 121 Å². The molecule has 0 aliphatic heterocycles. The molecule has 0 radical (unpaired) electrons. The van der Waals surface area contributed by atoms with Crippen molar-refractivity contribution in [3.8, 4) is 0 Å². The normalized spacial score (nSPS) is 11.8. The summed E-state index contributed by atoms with van der Waals surface area (Å²) in [6.07, 6.45) is 1.42. The molecule has 0 heterocycles. The van der Waals surface area contributed by atoms with Gasteiger partial charge in [-0.05, 0) is 35.9 Å². The number of carbonyl (C=O) groups excluding carboxylic acids is 1. The van der Waals surface area contributed by atoms with Gasteiger partial charge >= 0.3 is 0 Å². The Morgan fingerprint density at radius 2 is 1.73 bits per heavy atom. The van der Waals surface area contributed by atoms with Crippen molar-refractivity contribution >= 4 is 31.6 Å². The van der Waals surface area contributed by atoms with E-state index in [0.717, 1.165) is 18.2 Å². The molecule has 2 rings (SSSR count). The van der Waals surface area contributed by atoms with E-state index in [-0.39, 0.29) is 23.7 Å². The van der Waals surface area contributed by atoms with Gasteiger partial charge in [-0.2, -0.15) is 0 Å². The minimum absolute atomic E-state index is 0.116. The minimum Gasteiger partial charge on any atom is -0.322 e. The van der Waals surface area contributed by atoms with E-state index in [4.69, 9.17) is 0 Å². The molecule has 0 saturated heterocycles. The lowest BCUT2D eigenvalue weighted by Gasteiger charge is -2.10. The SMILES string of the molecule is C=CCNS(=O)(=O)Cc1ccc(NC(=O)c2cc(S(=O)(=O)NCC)ccc2F)cc1. The quantitative estimate of drug-likeness (QED) is 0.473. The molecule has 2 aromatic rings. The molecule has 0 bridgehead atoms. The number of anilines is 1. The number of benzene rings is 2. The zero-order valence-corrected chi connectivity index (χ0v) is 17.8. The van der Waals surface area contributed by atoms with Crippen LogP contribution in [0.15, 0.2) is 60.0 Å². The average molecular weight is 456 g/mol. The van der Waals surface area contributed by atoms with E-state index in [1.165, 1.54) is 30.3 Å². The summed E-state index contributed by atoms with van der Waals surface area (Å²) in [5.41, 5.74) is 0.336. The van der Waals surface area contributed by atoms with Crippen molar-refractivity contribution in [3.05, 3.63) is 72.1 Å². The lowest BCUT2D eigenvalue weighted by atomic mass is 10.2. The number of hydrogen-bond donors (Lipinski definition) is 3. The van der Waals surface area contributed by atoms with Crippen LogP contribution in [0.25, 0.3) is 0 Å². The fraction of sp³-hybridized carbons (Fsp3) is 0.211. The zero-order chi connectivity index (χ0) is 22.4. The van der Waals surface area contributed by atoms with Gasteiger partial charge in [0.2, 0.25) is 20.0 Å². The third-order valence-corrected chi connectivity index (χ3v) is 6.71. The summed E-state index contributed by atoms with van der Waals surface area (Å²) >= 11 is 0. The third kappa shape index (κ3) is 6.46. The van der Waals surface area contributed by atoms with Gasteiger partial charge in [0, 0.05) is 18.8 Å². The lowest BCUT2D eigenvalue weighted by molar-refractivity contribution is 0.102. The highest BCUT2D eigenvalue weighted by molar-refractivity contribution is 7.89. The maximum Gasteiger partial charge on any atom is 0.258 e. The molecular formula is C19H22FN3O5S2. The second kappa shape index (κ2) is 9.94. The second-order valence-electron chi connectivity index (χ2n) is 6.19. The van der Waals surface area contributed by atoms with Gasteiger partial charge in [-0.25, -0.2) is 30.7 Å². The third-order valence-electron chi connectivity index (χ3n) is 3.84. The highest BCUT2D eigenvalue weighted by Crippen LogP contribution is 2.18. The first kappa shape index (κ1) is 23.7. The van der Waals surface area contributed by atoms with Crippen molar-refractivity contribution in [2.75, 3.05) is 18.4 Å². The number of sulfonamides is 2. The Labute approximate surface area is 175 Å². The van der Waals surface area contributed by atoms with Crippen LogP contribution < -0.4 is 14.8 Å². The van der Waals surface area contributed by atoms with E-state index in [0.29, 0.717) is 11.3 Å². The highest BCUT2D eigenvalue weighted by atomic mass is 32.2. The van der Waals surface area contributed by atoms with E-state index in [1.54, 1.807) is 6.92 Å². The molecule has 162 valence electrons. The van der Waals surface area contributed by atoms with Crippen molar-refractivity contribution < 1.29 is 26.0 Å². The van der Waals surface area contributed by atoms with Crippen molar-refractivity contribution in [1.29, 1.82) is 0 Å². The van der Waals surface area contributed by atoms with Gasteiger partial charge in [0.15, 0.2) is 0 Å². The Hall–Kier alpha value is -2.60. The molecule has 2 aromatic carbocycles. The standard InChI is InChI=1S/C19H22FN3O5S2/c1-3-11-22-29(25,26)13-14-5-7-15(8-6-14)23-19(24)17-12-16(9-10-18(17)20)30(27,28)21-4-2/h3,5-10,12,21-22H,1,4,11,13H2,2H3,(H,23,24). The number of nitrogens with one attached hydrogen (secondary N) is 3. The van der Waals surface area contributed by atoms with E-state index >= 15 is 0 Å². The van der Waals surface area contributed by atoms with Gasteiger partial charge in [-0.3, -0.25) is 4.79 Å². The Morgan fingerprint density at radius 1 is 1.07 bits per heavy atom. The number of halogens is 1. The molecule has 0 atom stereocenters. The van der Waals surface area contributed by atoms with Crippen LogP contribution in [0.1, 0.15) is 22.8 Å². The second-order valence-corrected chi connectivity index (χ2v) is 9.76. The molecule has 0 aliphatic rings. The van der Waals surface area contributed by atoms with E-state index in [2.05, 4.69) is 21.3 Å². The van der Waals surface area contributed by atoms with Gasteiger partial charge in [0.1, 0.15) is 5.82 Å². The molecule has 0 spiro atoms. The van der Waals surface area contributed by atoms with Crippen molar-refractivity contribution in [2.24, 2.45) is 0 Å². The first-order valence-corrected chi connectivity index (χ1v) is 12.0. The Kier molecular flexibility index (Phi) is 7.84. The summed E-state index contributed by atoms with van der Waals surface area (Å²) in [6.45, 7) is 5.30. The Bertz CT molecular complexity index is 1130. The number of hydrogen-bond acceptors (Lipinski definition) is 5. The van der Waals surface area contributed by atoms with E-state index in [9.17, 15) is 26.0 Å². The van der Waals surface area contributed by atoms with E-state index < -0.39 is 37.3 Å². The van der Waals surface area contributed by atoms with Gasteiger partial charge in [-0.15, -0.1) is 6.58 Å². The number of rotatable bonds is 10. The summed E-state index contributed by atoms with van der Waals surface area (Å²) in [7, 11) is -7.38. The molecule has 0 fully saturated rings. The smallest absolute Gasteiger partial charge is 0.258 e. The Morgan fingerprint density at radius 3 is 2.33 bits per heavy atom. The van der Waals surface area contributed by atoms with Crippen LogP contribution in [-0.2, 0) is 25.8 Å². The maximum atomic E-state index is 14.1. The summed E-state index contributed by atoms with van der Waals surface area (Å²) in [4.78, 5) is 12.2. The van der Waals surface area contributed by atoms with Gasteiger partial charge < -0.3 is 5.32 Å². The van der Waals surface area contributed by atoms with Crippen molar-refractivity contribution in [3.63, 3.8) is 0 Å². The molecule has 30 heavy (non-hydrogen) atoms. The monoisotopic (exact) mass is 455 g/mol. The van der Waals surface area contributed by atoms with Gasteiger partial charge in [-0.1, -0.05) is 25.1 Å². The van der Waals surface area contributed by atoms with Crippen LogP contribution in [0.3, 0.4) is 0 Å². The molecule has 0 saturated carbocycles. The van der Waals surface area contributed by atoms with Gasteiger partial charge in [0.05, 0.1) is 16.2 Å². The average Bonchev–Trinajstić information content (AvgIpc) is 2.68. The first-order chi connectivity index (χ1) is 14.1. The van der Waals surface area contributed by atoms with Crippen molar-refractivity contribution in [2.45, 2.75) is 17.6 Å². The predicted octanol–water partition coefficient (Wildman–Crippen LogP) is 1.98. The zero-order valence-electron chi connectivity index (χ0n) is 16.2. The van der Waals surface area contributed by atoms with E-state index in [1.807, 2.05) is 0 Å². The molecule has 0 unspecified atom stereocenters. The highest BCUT2D eigenvalue weighted by Gasteiger charge is 2.19. The minimum atomic E-state index is -3.85. The van der Waals surface area contributed by atoms with Crippen LogP contribution in [-0.4, -0.2) is 35.8 Å². The fourth-order valence-electron chi connectivity index (χ4n) is 2.46. The summed E-state index contributed by atoms with van der Waals surface area (Å²) < 4.78 is 66.6. The van der Waals surface area contributed by atoms with Crippen LogP contribution >= 0.6 is 0 Å². The summed E-state index contributed by atoms with van der Waals surface area (Å²) in [5, 5.41) is 2.46. The first-order valence-electron chi connectivity index (χ1n) is 8.85. The maximum absolute atomic E-state index is 14.1. The molecular weight excluding hydrogens is 433 g/mol. The number of amides is 1. The molecule has 8 nitrogen and oxygen atoms in total. The molecule has 0 aromatic heterocycles. The van der Waals surface area contributed by atoms with Crippen LogP contribution in [0, 0.1) is 5.82 Å². The predicted molar refractivity (Wildman–Crippen MR) is 112 cm³/mol. The Balaban J connectivity index is 2.16.